The van der Waals surface area contributed by atoms with Crippen LogP contribution in [0, 0.1) is 5.92 Å². The third-order valence-corrected chi connectivity index (χ3v) is 4.54. The molecule has 1 heterocycles. The Hall–Kier alpha value is -1.30. The highest BCUT2D eigenvalue weighted by Crippen LogP contribution is 2.26. The molecular formula is C18H27ClN2O3. The minimum Gasteiger partial charge on any atom is -0.490 e. The lowest BCUT2D eigenvalue weighted by molar-refractivity contribution is 0.0683. The zero-order valence-corrected chi connectivity index (χ0v) is 15.3. The van der Waals surface area contributed by atoms with Gasteiger partial charge in [0.25, 0.3) is 5.91 Å². The fourth-order valence-corrected chi connectivity index (χ4v) is 3.06. The van der Waals surface area contributed by atoms with E-state index in [0.717, 1.165) is 39.0 Å². The van der Waals surface area contributed by atoms with Crippen LogP contribution in [0.4, 0.5) is 0 Å². The molecule has 0 bridgehead atoms. The zero-order chi connectivity index (χ0) is 17.4. The Bertz CT molecular complexity index is 531. The Balaban J connectivity index is 2.00. The van der Waals surface area contributed by atoms with Gasteiger partial charge in [0.05, 0.1) is 12.2 Å². The van der Waals surface area contributed by atoms with Crippen molar-refractivity contribution in [3.8, 4) is 5.75 Å². The fourth-order valence-electron chi connectivity index (χ4n) is 2.89. The number of carbonyl (C=O) groups excluding carboxylic acids is 1. The number of nitrogens with one attached hydrogen (secondary N) is 1. The summed E-state index contributed by atoms with van der Waals surface area (Å²) in [6, 6.07) is 5.18. The Morgan fingerprint density at radius 3 is 2.75 bits per heavy atom. The van der Waals surface area contributed by atoms with Crippen LogP contribution in [0.15, 0.2) is 18.2 Å². The predicted molar refractivity (Wildman–Crippen MR) is 96.0 cm³/mol. The van der Waals surface area contributed by atoms with Crippen molar-refractivity contribution in [1.29, 1.82) is 0 Å². The van der Waals surface area contributed by atoms with Gasteiger partial charge >= 0.3 is 0 Å². The van der Waals surface area contributed by atoms with Crippen LogP contribution in [0.25, 0.3) is 0 Å². The van der Waals surface area contributed by atoms with Crippen LogP contribution in [0.5, 0.6) is 5.75 Å². The fraction of sp³-hybridized carbons (Fsp3) is 0.611. The third-order valence-electron chi connectivity index (χ3n) is 4.30. The van der Waals surface area contributed by atoms with Crippen LogP contribution >= 0.6 is 11.6 Å². The van der Waals surface area contributed by atoms with Crippen LogP contribution in [-0.4, -0.2) is 57.3 Å². The number of hydrogen-bond acceptors (Lipinski definition) is 4. The third kappa shape index (κ3) is 5.36. The predicted octanol–water partition coefficient (Wildman–Crippen LogP) is 2.83. The molecule has 0 aromatic heterocycles. The van der Waals surface area contributed by atoms with Crippen LogP contribution < -0.4 is 10.1 Å². The Kier molecular flexibility index (Phi) is 7.82. The highest BCUT2D eigenvalue weighted by molar-refractivity contribution is 6.31. The molecule has 5 nitrogen and oxygen atoms in total. The molecule has 0 spiro atoms. The molecule has 0 radical (unpaired) electrons. The summed E-state index contributed by atoms with van der Waals surface area (Å²) in [5, 5.41) is 3.93. The molecule has 1 saturated heterocycles. The molecule has 1 aromatic carbocycles. The summed E-state index contributed by atoms with van der Waals surface area (Å²) in [4.78, 5) is 14.8. The zero-order valence-electron chi connectivity index (χ0n) is 14.5. The Morgan fingerprint density at radius 2 is 2.08 bits per heavy atom. The number of benzene rings is 1. The number of ether oxygens (including phenoxy) is 2. The summed E-state index contributed by atoms with van der Waals surface area (Å²) in [7, 11) is 1.62. The number of carbonyl (C=O) groups is 1. The SMILES string of the molecule is CCNCC1CCN(C(=O)c2cc(Cl)ccc2OCCOC)CC1. The van der Waals surface area contributed by atoms with Gasteiger partial charge in [0, 0.05) is 25.2 Å². The molecule has 0 atom stereocenters. The first-order valence-corrected chi connectivity index (χ1v) is 8.94. The van der Waals surface area contributed by atoms with E-state index >= 15 is 0 Å². The maximum Gasteiger partial charge on any atom is 0.257 e. The molecule has 0 unspecified atom stereocenters. The van der Waals surface area contributed by atoms with E-state index in [2.05, 4.69) is 12.2 Å². The molecule has 1 fully saturated rings. The van der Waals surface area contributed by atoms with Crippen LogP contribution in [0.1, 0.15) is 30.1 Å². The highest BCUT2D eigenvalue weighted by atomic mass is 35.5. The first-order chi connectivity index (χ1) is 11.7. The molecule has 0 saturated carbocycles. The lowest BCUT2D eigenvalue weighted by Crippen LogP contribution is -2.40. The maximum absolute atomic E-state index is 12.9. The number of piperidine rings is 1. The van der Waals surface area contributed by atoms with Gasteiger partial charge in [0.15, 0.2) is 0 Å². The van der Waals surface area contributed by atoms with Gasteiger partial charge in [0.1, 0.15) is 12.4 Å². The summed E-state index contributed by atoms with van der Waals surface area (Å²) in [6.45, 7) is 6.57. The average Bonchev–Trinajstić information content (AvgIpc) is 2.61. The molecule has 24 heavy (non-hydrogen) atoms. The first-order valence-electron chi connectivity index (χ1n) is 8.57. The van der Waals surface area contributed by atoms with E-state index in [4.69, 9.17) is 21.1 Å². The van der Waals surface area contributed by atoms with Crippen LogP contribution in [0.3, 0.4) is 0 Å². The van der Waals surface area contributed by atoms with Gasteiger partial charge in [-0.15, -0.1) is 0 Å². The molecule has 6 heteroatoms. The summed E-state index contributed by atoms with van der Waals surface area (Å²) >= 11 is 6.08. The second-order valence-corrected chi connectivity index (χ2v) is 6.46. The van der Waals surface area contributed by atoms with Gasteiger partial charge in [-0.2, -0.15) is 0 Å². The van der Waals surface area contributed by atoms with Crippen molar-refractivity contribution >= 4 is 17.5 Å². The van der Waals surface area contributed by atoms with Crippen molar-refractivity contribution in [2.45, 2.75) is 19.8 Å². The minimum absolute atomic E-state index is 0.00758. The number of rotatable bonds is 8. The standard InChI is InChI=1S/C18H27ClN2O3/c1-3-20-13-14-6-8-21(9-7-14)18(22)16-12-15(19)4-5-17(16)24-11-10-23-2/h4-5,12,14,20H,3,6-11,13H2,1-2H3. The van der Waals surface area contributed by atoms with E-state index in [-0.39, 0.29) is 5.91 Å². The number of amides is 1. The van der Waals surface area contributed by atoms with Gasteiger partial charge in [-0.05, 0) is 50.0 Å². The summed E-state index contributed by atoms with van der Waals surface area (Å²) < 4.78 is 10.7. The van der Waals surface area contributed by atoms with E-state index in [1.165, 1.54) is 0 Å². The monoisotopic (exact) mass is 354 g/mol. The molecule has 1 amide bonds. The van der Waals surface area contributed by atoms with E-state index in [1.807, 2.05) is 4.90 Å². The lowest BCUT2D eigenvalue weighted by Gasteiger charge is -2.32. The Labute approximate surface area is 149 Å². The van der Waals surface area contributed by atoms with Crippen molar-refractivity contribution < 1.29 is 14.3 Å². The second kappa shape index (κ2) is 9.87. The normalized spacial score (nSPS) is 15.5. The van der Waals surface area contributed by atoms with E-state index in [0.29, 0.717) is 35.5 Å². The summed E-state index contributed by atoms with van der Waals surface area (Å²) in [6.07, 6.45) is 2.05. The summed E-state index contributed by atoms with van der Waals surface area (Å²) in [5.74, 6) is 1.20. The van der Waals surface area contributed by atoms with Gasteiger partial charge in [0.2, 0.25) is 0 Å². The van der Waals surface area contributed by atoms with E-state index < -0.39 is 0 Å². The molecular weight excluding hydrogens is 328 g/mol. The average molecular weight is 355 g/mol. The number of halogens is 1. The molecule has 134 valence electrons. The molecule has 1 N–H and O–H groups in total. The molecule has 2 rings (SSSR count). The highest BCUT2D eigenvalue weighted by Gasteiger charge is 2.25. The van der Waals surface area contributed by atoms with Gasteiger partial charge in [-0.3, -0.25) is 4.79 Å². The van der Waals surface area contributed by atoms with Gasteiger partial charge in [-0.1, -0.05) is 18.5 Å². The van der Waals surface area contributed by atoms with Crippen molar-refractivity contribution in [1.82, 2.24) is 10.2 Å². The maximum atomic E-state index is 12.9. The number of methoxy groups -OCH3 is 1. The largest absolute Gasteiger partial charge is 0.490 e. The number of nitrogens with zero attached hydrogens (tertiary/aromatic N) is 1. The van der Waals surface area contributed by atoms with Gasteiger partial charge in [-0.25, -0.2) is 0 Å². The van der Waals surface area contributed by atoms with E-state index in [1.54, 1.807) is 25.3 Å². The first kappa shape index (κ1) is 19.0. The summed E-state index contributed by atoms with van der Waals surface area (Å²) in [5.41, 5.74) is 0.531. The second-order valence-electron chi connectivity index (χ2n) is 6.02. The number of hydrogen-bond donors (Lipinski definition) is 1. The molecule has 1 aromatic rings. The number of likely N-dealkylation sites (tertiary alicyclic amines) is 1. The van der Waals surface area contributed by atoms with Crippen LogP contribution in [0.2, 0.25) is 5.02 Å². The van der Waals surface area contributed by atoms with Crippen LogP contribution in [-0.2, 0) is 4.74 Å². The van der Waals surface area contributed by atoms with E-state index in [9.17, 15) is 4.79 Å². The minimum atomic E-state index is -0.00758. The van der Waals surface area contributed by atoms with Crippen molar-refractivity contribution in [3.63, 3.8) is 0 Å². The van der Waals surface area contributed by atoms with Crippen molar-refractivity contribution in [2.24, 2.45) is 5.92 Å². The lowest BCUT2D eigenvalue weighted by atomic mass is 9.96. The van der Waals surface area contributed by atoms with Gasteiger partial charge < -0.3 is 19.7 Å². The quantitative estimate of drug-likeness (QED) is 0.729. The molecule has 0 aliphatic carbocycles. The molecule has 1 aliphatic heterocycles. The Morgan fingerprint density at radius 1 is 1.33 bits per heavy atom. The topological polar surface area (TPSA) is 50.8 Å². The van der Waals surface area contributed by atoms with Crippen molar-refractivity contribution in [3.05, 3.63) is 28.8 Å². The molecule has 1 aliphatic rings. The smallest absolute Gasteiger partial charge is 0.257 e. The van der Waals surface area contributed by atoms with Crippen molar-refractivity contribution in [2.75, 3.05) is 46.5 Å².